The van der Waals surface area contributed by atoms with Gasteiger partial charge >= 0.3 is 0 Å². The number of nitriles is 1. The van der Waals surface area contributed by atoms with E-state index in [2.05, 4.69) is 5.32 Å². The highest BCUT2D eigenvalue weighted by Crippen LogP contribution is 2.32. The minimum Gasteiger partial charge on any atom is -0.322 e. The summed E-state index contributed by atoms with van der Waals surface area (Å²) in [4.78, 5) is 12.0. The number of nitrogens with one attached hydrogen (secondary N) is 1. The quantitative estimate of drug-likeness (QED) is 0.907. The molecule has 17 heavy (non-hydrogen) atoms. The maximum Gasteiger partial charge on any atom is 0.244 e. The first-order chi connectivity index (χ1) is 7.94. The summed E-state index contributed by atoms with van der Waals surface area (Å²) < 4.78 is 0. The second kappa shape index (κ2) is 5.39. The zero-order chi connectivity index (χ0) is 13.1. The van der Waals surface area contributed by atoms with Gasteiger partial charge in [0, 0.05) is 0 Å². The van der Waals surface area contributed by atoms with Gasteiger partial charge in [0.05, 0.1) is 21.8 Å². The van der Waals surface area contributed by atoms with Crippen LogP contribution in [0.25, 0.3) is 0 Å². The Kier molecular flexibility index (Phi) is 4.39. The summed E-state index contributed by atoms with van der Waals surface area (Å²) >= 11 is 11.9. The van der Waals surface area contributed by atoms with Gasteiger partial charge in [0.25, 0.3) is 0 Å². The van der Waals surface area contributed by atoms with Gasteiger partial charge < -0.3 is 5.32 Å². The molecule has 0 aliphatic carbocycles. The van der Waals surface area contributed by atoms with E-state index in [0.717, 1.165) is 0 Å². The fourth-order valence-corrected chi connectivity index (χ4v) is 1.65. The molecule has 0 bridgehead atoms. The molecule has 1 aromatic carbocycles. The molecule has 1 N–H and O–H groups in total. The number of amides is 1. The summed E-state index contributed by atoms with van der Waals surface area (Å²) in [6.45, 7) is 3.35. The van der Waals surface area contributed by atoms with Crippen LogP contribution in [0, 0.1) is 16.7 Å². The number of anilines is 1. The number of halogens is 2. The highest BCUT2D eigenvalue weighted by molar-refractivity contribution is 6.39. The first-order valence-corrected chi connectivity index (χ1v) is 5.87. The summed E-state index contributed by atoms with van der Waals surface area (Å²) in [5, 5.41) is 12.3. The van der Waals surface area contributed by atoms with E-state index in [1.165, 1.54) is 0 Å². The number of para-hydroxylation sites is 1. The third-order valence-corrected chi connectivity index (χ3v) is 3.29. The van der Waals surface area contributed by atoms with E-state index in [9.17, 15) is 4.79 Å². The Morgan fingerprint density at radius 3 is 2.41 bits per heavy atom. The van der Waals surface area contributed by atoms with Crippen LogP contribution in [0.4, 0.5) is 5.69 Å². The van der Waals surface area contributed by atoms with E-state index in [1.807, 2.05) is 6.07 Å². The molecule has 0 radical (unpaired) electrons. The highest BCUT2D eigenvalue weighted by Gasteiger charge is 2.31. The van der Waals surface area contributed by atoms with Gasteiger partial charge in [-0.2, -0.15) is 5.26 Å². The second-order valence-electron chi connectivity index (χ2n) is 3.85. The van der Waals surface area contributed by atoms with Crippen LogP contribution in [0.1, 0.15) is 20.3 Å². The monoisotopic (exact) mass is 270 g/mol. The van der Waals surface area contributed by atoms with Crippen molar-refractivity contribution in [2.45, 2.75) is 20.3 Å². The molecule has 0 aromatic heterocycles. The van der Waals surface area contributed by atoms with E-state index in [0.29, 0.717) is 22.2 Å². The molecule has 3 nitrogen and oxygen atoms in total. The van der Waals surface area contributed by atoms with Gasteiger partial charge in [0.2, 0.25) is 5.91 Å². The zero-order valence-electron chi connectivity index (χ0n) is 9.55. The number of carbonyl (C=O) groups excluding carboxylic acids is 1. The van der Waals surface area contributed by atoms with Crippen LogP contribution in [0.3, 0.4) is 0 Å². The van der Waals surface area contributed by atoms with Crippen LogP contribution in [0.2, 0.25) is 10.0 Å². The molecule has 0 spiro atoms. The van der Waals surface area contributed by atoms with Crippen molar-refractivity contribution in [2.24, 2.45) is 5.41 Å². The van der Waals surface area contributed by atoms with Crippen LogP contribution in [-0.4, -0.2) is 5.91 Å². The van der Waals surface area contributed by atoms with Crippen molar-refractivity contribution in [1.29, 1.82) is 5.26 Å². The van der Waals surface area contributed by atoms with Crippen LogP contribution in [-0.2, 0) is 4.79 Å². The summed E-state index contributed by atoms with van der Waals surface area (Å²) in [7, 11) is 0. The molecule has 0 aliphatic rings. The van der Waals surface area contributed by atoms with Gasteiger partial charge in [-0.3, -0.25) is 4.79 Å². The van der Waals surface area contributed by atoms with E-state index in [1.54, 1.807) is 32.0 Å². The predicted molar refractivity (Wildman–Crippen MR) is 69.1 cm³/mol. The van der Waals surface area contributed by atoms with E-state index < -0.39 is 11.3 Å². The molecule has 1 amide bonds. The van der Waals surface area contributed by atoms with Crippen molar-refractivity contribution in [3.63, 3.8) is 0 Å². The van der Waals surface area contributed by atoms with E-state index in [4.69, 9.17) is 28.5 Å². The summed E-state index contributed by atoms with van der Waals surface area (Å²) in [6, 6.07) is 6.92. The molecule has 0 fully saturated rings. The molecule has 1 aromatic rings. The molecule has 0 saturated heterocycles. The molecule has 90 valence electrons. The molecule has 1 rings (SSSR count). The molecule has 0 heterocycles. The third-order valence-electron chi connectivity index (χ3n) is 2.66. The van der Waals surface area contributed by atoms with Gasteiger partial charge in [-0.15, -0.1) is 0 Å². The Morgan fingerprint density at radius 1 is 1.47 bits per heavy atom. The number of rotatable bonds is 3. The normalized spacial score (nSPS) is 13.6. The van der Waals surface area contributed by atoms with Crippen molar-refractivity contribution in [3.8, 4) is 6.07 Å². The Morgan fingerprint density at radius 2 is 2.00 bits per heavy atom. The zero-order valence-corrected chi connectivity index (χ0v) is 11.1. The van der Waals surface area contributed by atoms with Crippen molar-refractivity contribution in [3.05, 3.63) is 28.2 Å². The van der Waals surface area contributed by atoms with Gasteiger partial charge in [-0.25, -0.2) is 0 Å². The highest BCUT2D eigenvalue weighted by atomic mass is 35.5. The number of nitrogens with zero attached hydrogens (tertiary/aromatic N) is 1. The van der Waals surface area contributed by atoms with Crippen molar-refractivity contribution < 1.29 is 4.79 Å². The fraction of sp³-hybridized carbons (Fsp3) is 0.333. The number of carbonyl (C=O) groups is 1. The molecular weight excluding hydrogens is 259 g/mol. The maximum absolute atomic E-state index is 12.0. The Bertz CT molecular complexity index is 462. The lowest BCUT2D eigenvalue weighted by molar-refractivity contribution is -0.122. The fourth-order valence-electron chi connectivity index (χ4n) is 1.16. The standard InChI is InChI=1S/C12H12Cl2N2O/c1-3-12(2,7-15)11(17)16-10-8(13)5-4-6-9(10)14/h4-6H,3H2,1-2H3,(H,16,17). The molecule has 0 saturated carbocycles. The van der Waals surface area contributed by atoms with E-state index >= 15 is 0 Å². The average molecular weight is 271 g/mol. The van der Waals surface area contributed by atoms with Gasteiger partial charge in [-0.05, 0) is 25.5 Å². The largest absolute Gasteiger partial charge is 0.322 e. The molecule has 1 unspecified atom stereocenters. The topological polar surface area (TPSA) is 52.9 Å². The Hall–Kier alpha value is -1.24. The number of benzene rings is 1. The lowest BCUT2D eigenvalue weighted by Gasteiger charge is -2.19. The number of hydrogen-bond acceptors (Lipinski definition) is 2. The summed E-state index contributed by atoms with van der Waals surface area (Å²) in [6.07, 6.45) is 0.414. The number of hydrogen-bond donors (Lipinski definition) is 1. The average Bonchev–Trinajstić information content (AvgIpc) is 2.32. The minimum atomic E-state index is -1.08. The van der Waals surface area contributed by atoms with Crippen LogP contribution in [0.5, 0.6) is 0 Å². The molecular formula is C12H12Cl2N2O. The van der Waals surface area contributed by atoms with Crippen molar-refractivity contribution in [2.75, 3.05) is 5.32 Å². The smallest absolute Gasteiger partial charge is 0.244 e. The first-order valence-electron chi connectivity index (χ1n) is 5.11. The van der Waals surface area contributed by atoms with Crippen LogP contribution in [0.15, 0.2) is 18.2 Å². The lowest BCUT2D eigenvalue weighted by atomic mass is 9.88. The van der Waals surface area contributed by atoms with Gasteiger partial charge in [-0.1, -0.05) is 36.2 Å². The van der Waals surface area contributed by atoms with E-state index in [-0.39, 0.29) is 0 Å². The Balaban J connectivity index is 3.01. The predicted octanol–water partition coefficient (Wildman–Crippen LogP) is 3.87. The molecule has 0 aliphatic heterocycles. The van der Waals surface area contributed by atoms with Crippen molar-refractivity contribution >= 4 is 34.8 Å². The third kappa shape index (κ3) is 2.91. The lowest BCUT2D eigenvalue weighted by Crippen LogP contribution is -2.31. The first kappa shape index (κ1) is 13.8. The van der Waals surface area contributed by atoms with Crippen molar-refractivity contribution in [1.82, 2.24) is 0 Å². The summed E-state index contributed by atoms with van der Waals surface area (Å²) in [5.74, 6) is -0.405. The Labute approximate surface area is 110 Å². The second-order valence-corrected chi connectivity index (χ2v) is 4.66. The SMILES string of the molecule is CCC(C)(C#N)C(=O)Nc1c(Cl)cccc1Cl. The summed E-state index contributed by atoms with van der Waals surface area (Å²) in [5.41, 5.74) is -0.738. The molecule has 5 heteroatoms. The van der Waals surface area contributed by atoms with Crippen LogP contribution >= 0.6 is 23.2 Å². The van der Waals surface area contributed by atoms with Crippen LogP contribution < -0.4 is 5.32 Å². The molecule has 1 atom stereocenters. The van der Waals surface area contributed by atoms with Gasteiger partial charge in [0.1, 0.15) is 5.41 Å². The minimum absolute atomic E-state index is 0.343. The van der Waals surface area contributed by atoms with Gasteiger partial charge in [0.15, 0.2) is 0 Å². The maximum atomic E-state index is 12.0.